The van der Waals surface area contributed by atoms with E-state index in [0.29, 0.717) is 52.9 Å². The summed E-state index contributed by atoms with van der Waals surface area (Å²) in [5.74, 6) is -2.45. The van der Waals surface area contributed by atoms with Crippen LogP contribution in [0, 0.1) is 0 Å². The Balaban J connectivity index is 0.809. The number of fused-ring (bicyclic) bond motifs is 12. The van der Waals surface area contributed by atoms with Gasteiger partial charge in [0.15, 0.2) is 23.1 Å². The molecule has 5 heterocycles. The van der Waals surface area contributed by atoms with Crippen LogP contribution in [0.2, 0.25) is 0 Å². The molecule has 14 nitrogen and oxygen atoms in total. The summed E-state index contributed by atoms with van der Waals surface area (Å²) in [6.07, 6.45) is 16.3. The highest BCUT2D eigenvalue weighted by Gasteiger charge is 2.69. The van der Waals surface area contributed by atoms with E-state index in [1.807, 2.05) is 0 Å². The third-order valence-corrected chi connectivity index (χ3v) is 15.3. The van der Waals surface area contributed by atoms with E-state index in [9.17, 15) is 0 Å². The maximum absolute atomic E-state index is 6.96. The van der Waals surface area contributed by atoms with Crippen molar-refractivity contribution < 1.29 is 66.3 Å². The molecule has 12 atom stereocenters. The van der Waals surface area contributed by atoms with Gasteiger partial charge in [0.2, 0.25) is 0 Å². The van der Waals surface area contributed by atoms with Crippen molar-refractivity contribution in [2.45, 2.75) is 225 Å². The molecule has 11 rings (SSSR count). The predicted molar refractivity (Wildman–Crippen MR) is 203 cm³/mol. The molecule has 0 unspecified atom stereocenters. The van der Waals surface area contributed by atoms with Gasteiger partial charge in [-0.1, -0.05) is 25.7 Å². The SMILES string of the molecule is C1CCC2(CC1)O[C@@H]1[C@H]3OC4(CCCCC4)O[C@H]3[C@@H]3OCCOCCO[C@@H]4[C@@H](OCCOCCO[C@H]3[C@@H]1O2)[C@@H]1OC2(CCCCC2)O[C@@H]1[C@H]1OC2(CCCCC2)O[C@@H]41. The highest BCUT2D eigenvalue weighted by molar-refractivity contribution is 5.12. The first-order valence-electron chi connectivity index (χ1n) is 23.6. The van der Waals surface area contributed by atoms with E-state index in [1.54, 1.807) is 0 Å². The molecule has 0 radical (unpaired) electrons. The molecular formula is C44H68O14. The molecule has 0 amide bonds. The van der Waals surface area contributed by atoms with Crippen LogP contribution in [0.5, 0.6) is 0 Å². The summed E-state index contributed by atoms with van der Waals surface area (Å²) in [6, 6.07) is 0. The van der Waals surface area contributed by atoms with Gasteiger partial charge in [0.05, 0.1) is 52.9 Å². The van der Waals surface area contributed by atoms with Gasteiger partial charge in [-0.15, -0.1) is 0 Å². The van der Waals surface area contributed by atoms with Gasteiger partial charge in [-0.3, -0.25) is 0 Å². The Morgan fingerprint density at radius 3 is 0.603 bits per heavy atom. The van der Waals surface area contributed by atoms with Gasteiger partial charge in [-0.25, -0.2) is 0 Å². The maximum Gasteiger partial charge on any atom is 0.169 e. The minimum Gasteiger partial charge on any atom is -0.377 e. The number of hydrogen-bond donors (Lipinski definition) is 0. The molecule has 5 saturated heterocycles. The molecule has 11 fully saturated rings. The minimum atomic E-state index is -0.613. The molecule has 14 heteroatoms. The summed E-state index contributed by atoms with van der Waals surface area (Å²) >= 11 is 0. The van der Waals surface area contributed by atoms with Crippen molar-refractivity contribution in [1.29, 1.82) is 0 Å². The van der Waals surface area contributed by atoms with Crippen LogP contribution in [0.4, 0.5) is 0 Å². The quantitative estimate of drug-likeness (QED) is 0.310. The lowest BCUT2D eigenvalue weighted by molar-refractivity contribution is -0.235. The average Bonchev–Trinajstić information content (AvgIpc) is 4.00. The standard InChI is InChI=1S/C44H68O14/c1-5-13-41(14-6-1)51-33-29-30(34-38(37(33)55-41)56-42(52-34)15-7-2-8-16-42)48-26-22-46-24-28-50-32-31(49-27-23-45-21-25-47-29)35-39(57-43(53-35)17-9-3-10-18-43)40-36(32)54-44(58-40)19-11-4-12-20-44/h29-40H,1-28H2/t29-,30-,31-,32-,33+,34+,35+,36+,37+,38+,39+,40+/m1/s1. The summed E-state index contributed by atoms with van der Waals surface area (Å²) in [6.45, 7) is 2.99. The Morgan fingerprint density at radius 2 is 0.397 bits per heavy atom. The van der Waals surface area contributed by atoms with Gasteiger partial charge in [0.25, 0.3) is 0 Å². The van der Waals surface area contributed by atoms with Crippen LogP contribution < -0.4 is 0 Å². The number of ether oxygens (including phenoxy) is 14. The molecule has 5 aliphatic heterocycles. The molecule has 4 spiro atoms. The van der Waals surface area contributed by atoms with Crippen molar-refractivity contribution in [2.24, 2.45) is 0 Å². The van der Waals surface area contributed by atoms with Crippen LogP contribution in [0.3, 0.4) is 0 Å². The van der Waals surface area contributed by atoms with Crippen LogP contribution in [-0.2, 0) is 66.3 Å². The molecule has 58 heavy (non-hydrogen) atoms. The second kappa shape index (κ2) is 16.9. The molecule has 0 aromatic rings. The van der Waals surface area contributed by atoms with Gasteiger partial charge in [0, 0.05) is 51.4 Å². The van der Waals surface area contributed by atoms with E-state index >= 15 is 0 Å². The smallest absolute Gasteiger partial charge is 0.169 e. The van der Waals surface area contributed by atoms with Crippen molar-refractivity contribution in [1.82, 2.24) is 0 Å². The monoisotopic (exact) mass is 820 g/mol. The fourth-order valence-electron chi connectivity index (χ4n) is 12.7. The fourth-order valence-corrected chi connectivity index (χ4v) is 12.7. The third kappa shape index (κ3) is 7.56. The van der Waals surface area contributed by atoms with Gasteiger partial charge in [0.1, 0.15) is 73.2 Å². The van der Waals surface area contributed by atoms with Crippen molar-refractivity contribution >= 4 is 0 Å². The summed E-state index contributed by atoms with van der Waals surface area (Å²) in [4.78, 5) is 0. The van der Waals surface area contributed by atoms with Crippen molar-refractivity contribution in [3.8, 4) is 0 Å². The predicted octanol–water partition coefficient (Wildman–Crippen LogP) is 5.38. The lowest BCUT2D eigenvalue weighted by Gasteiger charge is -2.43. The van der Waals surface area contributed by atoms with Crippen LogP contribution in [0.15, 0.2) is 0 Å². The molecule has 0 aromatic heterocycles. The first-order valence-corrected chi connectivity index (χ1v) is 23.6. The second-order valence-corrected chi connectivity index (χ2v) is 19.1. The van der Waals surface area contributed by atoms with E-state index in [2.05, 4.69) is 0 Å². The average molecular weight is 821 g/mol. The van der Waals surface area contributed by atoms with Crippen molar-refractivity contribution in [3.63, 3.8) is 0 Å². The molecule has 6 saturated carbocycles. The Hall–Kier alpha value is -0.560. The van der Waals surface area contributed by atoms with E-state index in [-0.39, 0.29) is 48.8 Å². The molecule has 328 valence electrons. The van der Waals surface area contributed by atoms with Gasteiger partial charge < -0.3 is 66.3 Å². The van der Waals surface area contributed by atoms with Gasteiger partial charge >= 0.3 is 0 Å². The second-order valence-electron chi connectivity index (χ2n) is 19.1. The van der Waals surface area contributed by atoms with Crippen molar-refractivity contribution in [2.75, 3.05) is 52.9 Å². The van der Waals surface area contributed by atoms with E-state index < -0.39 is 47.6 Å². The highest BCUT2D eigenvalue weighted by Crippen LogP contribution is 2.54. The summed E-state index contributed by atoms with van der Waals surface area (Å²) < 4.78 is 95.2. The molecule has 0 aromatic carbocycles. The molecule has 0 bridgehead atoms. The van der Waals surface area contributed by atoms with Crippen LogP contribution >= 0.6 is 0 Å². The normalized spacial score (nSPS) is 46.3. The Bertz CT molecular complexity index is 1170. The minimum absolute atomic E-state index is 0.293. The lowest BCUT2D eigenvalue weighted by atomic mass is 9.84. The number of hydrogen-bond acceptors (Lipinski definition) is 14. The zero-order valence-electron chi connectivity index (χ0n) is 34.4. The van der Waals surface area contributed by atoms with Crippen LogP contribution in [-0.4, -0.2) is 149 Å². The van der Waals surface area contributed by atoms with Gasteiger partial charge in [-0.05, 0) is 51.4 Å². The Labute approximate surface area is 343 Å². The lowest BCUT2D eigenvalue weighted by Crippen LogP contribution is -2.63. The van der Waals surface area contributed by atoms with E-state index in [4.69, 9.17) is 66.3 Å². The Morgan fingerprint density at radius 1 is 0.207 bits per heavy atom. The summed E-state index contributed by atoms with van der Waals surface area (Å²) in [7, 11) is 0. The fraction of sp³-hybridized carbons (Fsp3) is 1.00. The largest absolute Gasteiger partial charge is 0.377 e. The zero-order chi connectivity index (χ0) is 38.6. The Kier molecular flexibility index (Phi) is 11.7. The van der Waals surface area contributed by atoms with Gasteiger partial charge in [-0.2, -0.15) is 0 Å². The first kappa shape index (κ1) is 40.2. The summed E-state index contributed by atoms with van der Waals surface area (Å²) in [5.41, 5.74) is 0. The van der Waals surface area contributed by atoms with Crippen molar-refractivity contribution in [3.05, 3.63) is 0 Å². The maximum atomic E-state index is 6.96. The molecule has 0 N–H and O–H groups in total. The highest BCUT2D eigenvalue weighted by atomic mass is 16.8. The van der Waals surface area contributed by atoms with E-state index in [1.165, 1.54) is 25.7 Å². The summed E-state index contributed by atoms with van der Waals surface area (Å²) in [5, 5.41) is 0. The van der Waals surface area contributed by atoms with Crippen LogP contribution in [0.1, 0.15) is 128 Å². The zero-order valence-corrected chi connectivity index (χ0v) is 34.4. The first-order chi connectivity index (χ1) is 28.6. The third-order valence-electron chi connectivity index (χ3n) is 15.3. The number of rotatable bonds is 0. The van der Waals surface area contributed by atoms with E-state index in [0.717, 1.165) is 103 Å². The molecular weight excluding hydrogens is 752 g/mol. The molecule has 6 aliphatic carbocycles. The van der Waals surface area contributed by atoms with Crippen LogP contribution in [0.25, 0.3) is 0 Å². The topological polar surface area (TPSA) is 129 Å². The molecule has 11 aliphatic rings.